The molecule has 1 aliphatic heterocycles. The Bertz CT molecular complexity index is 804. The summed E-state index contributed by atoms with van der Waals surface area (Å²) in [7, 11) is 0. The molecular weight excluding hydrogens is 350 g/mol. The Morgan fingerprint density at radius 1 is 1.07 bits per heavy atom. The van der Waals surface area contributed by atoms with Crippen molar-refractivity contribution in [2.75, 3.05) is 13.1 Å². The minimum atomic E-state index is -0.568. The van der Waals surface area contributed by atoms with Gasteiger partial charge in [-0.2, -0.15) is 0 Å². The van der Waals surface area contributed by atoms with E-state index in [4.69, 9.17) is 0 Å². The lowest BCUT2D eigenvalue weighted by molar-refractivity contribution is 0.0255. The van der Waals surface area contributed by atoms with E-state index in [-0.39, 0.29) is 17.6 Å². The van der Waals surface area contributed by atoms with Crippen LogP contribution in [0.4, 0.5) is 0 Å². The number of Topliss-reactive ketones (excluding diaryl/α,β-unsaturated/α-hetero) is 1. The molecule has 2 N–H and O–H groups in total. The first-order valence-corrected chi connectivity index (χ1v) is 10.3. The van der Waals surface area contributed by atoms with Gasteiger partial charge in [-0.15, -0.1) is 0 Å². The van der Waals surface area contributed by atoms with Crippen LogP contribution in [-0.4, -0.2) is 45.6 Å². The van der Waals surface area contributed by atoms with Crippen molar-refractivity contribution in [3.05, 3.63) is 65.7 Å². The number of hydrogen-bond acceptors (Lipinski definition) is 4. The van der Waals surface area contributed by atoms with E-state index in [1.807, 2.05) is 25.1 Å². The maximum Gasteiger partial charge on any atom is 0.179 e. The van der Waals surface area contributed by atoms with Crippen molar-refractivity contribution < 1.29 is 15.0 Å². The van der Waals surface area contributed by atoms with E-state index in [1.165, 1.54) is 5.56 Å². The zero-order valence-electron chi connectivity index (χ0n) is 16.4. The number of ketones is 1. The predicted molar refractivity (Wildman–Crippen MR) is 109 cm³/mol. The zero-order chi connectivity index (χ0) is 19.7. The van der Waals surface area contributed by atoms with Gasteiger partial charge in [0.15, 0.2) is 5.78 Å². The highest BCUT2D eigenvalue weighted by molar-refractivity contribution is 5.99. The van der Waals surface area contributed by atoms with E-state index in [0.29, 0.717) is 17.4 Å². The first-order chi connectivity index (χ1) is 13.4. The molecule has 4 rings (SSSR count). The van der Waals surface area contributed by atoms with Crippen LogP contribution in [0.1, 0.15) is 42.1 Å². The number of carbonyl (C=O) groups is 1. The second-order valence-electron chi connectivity index (χ2n) is 8.68. The van der Waals surface area contributed by atoms with Crippen molar-refractivity contribution in [1.82, 2.24) is 4.90 Å². The van der Waals surface area contributed by atoms with Crippen LogP contribution in [0.25, 0.3) is 0 Å². The zero-order valence-corrected chi connectivity index (χ0v) is 16.4. The summed E-state index contributed by atoms with van der Waals surface area (Å²) in [6.45, 7) is 3.73. The number of aromatic hydroxyl groups is 1. The summed E-state index contributed by atoms with van der Waals surface area (Å²) in [6.07, 6.45) is 3.39. The summed E-state index contributed by atoms with van der Waals surface area (Å²) in [5.74, 6) is 1.21. The van der Waals surface area contributed by atoms with E-state index >= 15 is 0 Å². The molecule has 4 heteroatoms. The molecule has 1 heterocycles. The number of phenols is 1. The van der Waals surface area contributed by atoms with Gasteiger partial charge in [-0.05, 0) is 74.3 Å². The fraction of sp³-hybridized carbons (Fsp3) is 0.458. The summed E-state index contributed by atoms with van der Waals surface area (Å²) in [5, 5.41) is 20.5. The van der Waals surface area contributed by atoms with Crippen LogP contribution in [0, 0.1) is 11.8 Å². The highest BCUT2D eigenvalue weighted by Gasteiger charge is 2.49. The summed E-state index contributed by atoms with van der Waals surface area (Å²) < 4.78 is 0. The van der Waals surface area contributed by atoms with Gasteiger partial charge in [-0.1, -0.05) is 30.3 Å². The monoisotopic (exact) mass is 379 g/mol. The van der Waals surface area contributed by atoms with Crippen LogP contribution in [0.15, 0.2) is 54.6 Å². The van der Waals surface area contributed by atoms with Gasteiger partial charge in [-0.25, -0.2) is 0 Å². The molecule has 1 aliphatic carbocycles. The topological polar surface area (TPSA) is 60.8 Å². The van der Waals surface area contributed by atoms with E-state index in [2.05, 4.69) is 17.0 Å². The average molecular weight is 380 g/mol. The Kier molecular flexibility index (Phi) is 5.26. The Balaban J connectivity index is 1.33. The molecule has 2 aliphatic rings. The normalized spacial score (nSPS) is 28.2. The molecule has 0 radical (unpaired) electrons. The molecule has 1 saturated heterocycles. The fourth-order valence-corrected chi connectivity index (χ4v) is 5.07. The summed E-state index contributed by atoms with van der Waals surface area (Å²) in [6, 6.07) is 16.7. The van der Waals surface area contributed by atoms with Gasteiger partial charge >= 0.3 is 0 Å². The second-order valence-corrected chi connectivity index (χ2v) is 8.68. The van der Waals surface area contributed by atoms with Gasteiger partial charge < -0.3 is 10.2 Å². The molecule has 0 amide bonds. The van der Waals surface area contributed by atoms with Crippen molar-refractivity contribution in [1.29, 1.82) is 0 Å². The number of phenolic OH excluding ortho intramolecular Hbond substituents is 1. The lowest BCUT2D eigenvalue weighted by Crippen LogP contribution is -2.39. The third-order valence-electron chi connectivity index (χ3n) is 6.69. The van der Waals surface area contributed by atoms with Gasteiger partial charge in [-0.3, -0.25) is 9.69 Å². The maximum absolute atomic E-state index is 12.8. The minimum Gasteiger partial charge on any atom is -0.508 e. The Labute approximate surface area is 166 Å². The smallest absolute Gasteiger partial charge is 0.179 e. The van der Waals surface area contributed by atoms with Crippen LogP contribution in [-0.2, 0) is 6.42 Å². The van der Waals surface area contributed by atoms with Gasteiger partial charge in [0.05, 0.1) is 11.6 Å². The molecule has 28 heavy (non-hydrogen) atoms. The van der Waals surface area contributed by atoms with Crippen molar-refractivity contribution in [3.63, 3.8) is 0 Å². The molecule has 4 nitrogen and oxygen atoms in total. The van der Waals surface area contributed by atoms with Crippen LogP contribution >= 0.6 is 0 Å². The van der Waals surface area contributed by atoms with Crippen molar-refractivity contribution >= 4 is 5.78 Å². The van der Waals surface area contributed by atoms with Gasteiger partial charge in [0.2, 0.25) is 0 Å². The molecule has 0 aromatic heterocycles. The number of nitrogens with zero attached hydrogens (tertiary/aromatic N) is 1. The third-order valence-corrected chi connectivity index (χ3v) is 6.69. The van der Waals surface area contributed by atoms with Gasteiger partial charge in [0.25, 0.3) is 0 Å². The number of fused-ring (bicyclic) bond motifs is 1. The largest absolute Gasteiger partial charge is 0.508 e. The van der Waals surface area contributed by atoms with E-state index < -0.39 is 5.60 Å². The number of carbonyl (C=O) groups excluding carboxylic acids is 1. The number of likely N-dealkylation sites (tertiary alicyclic amines) is 1. The Hall–Kier alpha value is -2.17. The standard InChI is InChI=1S/C24H29NO3/c1-17(23(27)19-7-9-22(26)10-8-19)25-15-20-13-24(28,14-21(20)16-25)12-11-18-5-3-2-4-6-18/h2-10,17,20-21,26,28H,11-16H2,1H3/t17?,20-,21+,24?. The lowest BCUT2D eigenvalue weighted by Gasteiger charge is -2.28. The van der Waals surface area contributed by atoms with Crippen LogP contribution in [0.2, 0.25) is 0 Å². The molecule has 4 atom stereocenters. The molecule has 148 valence electrons. The summed E-state index contributed by atoms with van der Waals surface area (Å²) >= 11 is 0. The molecule has 2 unspecified atom stereocenters. The first kappa shape index (κ1) is 19.2. The SMILES string of the molecule is CC(C(=O)c1ccc(O)cc1)N1C[C@@H]2CC(O)(CCc3ccccc3)C[C@@H]2C1. The number of hydrogen-bond donors (Lipinski definition) is 2. The fourth-order valence-electron chi connectivity index (χ4n) is 5.07. The van der Waals surface area contributed by atoms with E-state index in [0.717, 1.165) is 38.8 Å². The number of rotatable bonds is 6. The molecule has 0 spiro atoms. The molecule has 2 aromatic carbocycles. The van der Waals surface area contributed by atoms with Gasteiger partial charge in [0.1, 0.15) is 5.75 Å². The lowest BCUT2D eigenvalue weighted by atomic mass is 9.91. The third kappa shape index (κ3) is 3.98. The number of aliphatic hydroxyl groups is 1. The van der Waals surface area contributed by atoms with Crippen molar-refractivity contribution in [3.8, 4) is 5.75 Å². The molecule has 1 saturated carbocycles. The Morgan fingerprint density at radius 3 is 2.29 bits per heavy atom. The molecular formula is C24H29NO3. The van der Waals surface area contributed by atoms with Crippen molar-refractivity contribution in [2.24, 2.45) is 11.8 Å². The minimum absolute atomic E-state index is 0.0966. The first-order valence-electron chi connectivity index (χ1n) is 10.3. The van der Waals surface area contributed by atoms with E-state index in [1.54, 1.807) is 24.3 Å². The predicted octanol–water partition coefficient (Wildman–Crippen LogP) is 3.67. The highest BCUT2D eigenvalue weighted by atomic mass is 16.3. The number of aryl methyl sites for hydroxylation is 1. The maximum atomic E-state index is 12.8. The van der Waals surface area contributed by atoms with Gasteiger partial charge in [0, 0.05) is 18.7 Å². The average Bonchev–Trinajstić information content (AvgIpc) is 3.22. The Morgan fingerprint density at radius 2 is 1.68 bits per heavy atom. The van der Waals surface area contributed by atoms with E-state index in [9.17, 15) is 15.0 Å². The molecule has 0 bridgehead atoms. The van der Waals surface area contributed by atoms with Crippen LogP contribution in [0.5, 0.6) is 5.75 Å². The summed E-state index contributed by atoms with van der Waals surface area (Å²) in [4.78, 5) is 15.0. The van der Waals surface area contributed by atoms with Crippen molar-refractivity contribution in [2.45, 2.75) is 44.2 Å². The van der Waals surface area contributed by atoms with Crippen LogP contribution < -0.4 is 0 Å². The summed E-state index contributed by atoms with van der Waals surface area (Å²) in [5.41, 5.74) is 1.35. The second kappa shape index (κ2) is 7.69. The molecule has 2 fully saturated rings. The molecule has 2 aromatic rings. The quantitative estimate of drug-likeness (QED) is 0.752. The number of benzene rings is 2. The highest BCUT2D eigenvalue weighted by Crippen LogP contribution is 2.46. The van der Waals surface area contributed by atoms with Crippen LogP contribution in [0.3, 0.4) is 0 Å².